The van der Waals surface area contributed by atoms with Gasteiger partial charge in [0.25, 0.3) is 0 Å². The molecule has 108 valence electrons. The summed E-state index contributed by atoms with van der Waals surface area (Å²) in [6.07, 6.45) is 4.27. The monoisotopic (exact) mass is 307 g/mol. The molecule has 0 bridgehead atoms. The number of hydrogen-bond donors (Lipinski definition) is 1. The number of fused-ring (bicyclic) bond motifs is 1. The third-order valence-corrected chi connectivity index (χ3v) is 5.99. The first kappa shape index (κ1) is 14.2. The number of aromatic nitrogens is 2. The molecule has 0 fully saturated rings. The Morgan fingerprint density at radius 1 is 1.50 bits per heavy atom. The average Bonchev–Trinajstić information content (AvgIpc) is 3.06. The molecule has 0 radical (unpaired) electrons. The van der Waals surface area contributed by atoms with Gasteiger partial charge < -0.3 is 5.32 Å². The Morgan fingerprint density at radius 2 is 2.40 bits per heavy atom. The maximum absolute atomic E-state index is 4.33. The summed E-state index contributed by atoms with van der Waals surface area (Å²) in [6, 6.07) is 4.82. The van der Waals surface area contributed by atoms with Crippen LogP contribution in [0, 0.1) is 0 Å². The minimum atomic E-state index is 0.281. The van der Waals surface area contributed by atoms with Crippen LogP contribution < -0.4 is 5.32 Å². The maximum Gasteiger partial charge on any atom is 0.0841 e. The van der Waals surface area contributed by atoms with E-state index in [1.165, 1.54) is 28.5 Å². The van der Waals surface area contributed by atoms with Gasteiger partial charge in [-0.05, 0) is 42.8 Å². The van der Waals surface area contributed by atoms with Crippen molar-refractivity contribution in [2.24, 2.45) is 7.05 Å². The minimum Gasteiger partial charge on any atom is -0.304 e. The third kappa shape index (κ3) is 2.80. The van der Waals surface area contributed by atoms with Crippen molar-refractivity contribution in [1.82, 2.24) is 15.1 Å². The van der Waals surface area contributed by atoms with Crippen molar-refractivity contribution in [2.75, 3.05) is 12.3 Å². The van der Waals surface area contributed by atoms with E-state index in [1.54, 1.807) is 10.4 Å². The molecule has 0 aliphatic carbocycles. The van der Waals surface area contributed by atoms with E-state index in [-0.39, 0.29) is 6.04 Å². The second kappa shape index (κ2) is 6.33. The van der Waals surface area contributed by atoms with Crippen molar-refractivity contribution < 1.29 is 0 Å². The smallest absolute Gasteiger partial charge is 0.0841 e. The van der Waals surface area contributed by atoms with Crippen LogP contribution in [0.2, 0.25) is 0 Å². The fourth-order valence-electron chi connectivity index (χ4n) is 2.62. The fraction of sp³-hybridized carbons (Fsp3) is 0.533. The van der Waals surface area contributed by atoms with Gasteiger partial charge in [0, 0.05) is 28.8 Å². The van der Waals surface area contributed by atoms with Crippen molar-refractivity contribution in [3.63, 3.8) is 0 Å². The van der Waals surface area contributed by atoms with Gasteiger partial charge in [-0.1, -0.05) is 6.92 Å². The van der Waals surface area contributed by atoms with Gasteiger partial charge >= 0.3 is 0 Å². The number of rotatable bonds is 5. The van der Waals surface area contributed by atoms with E-state index in [1.807, 2.05) is 41.0 Å². The lowest BCUT2D eigenvalue weighted by Crippen LogP contribution is -2.24. The molecular weight excluding hydrogens is 286 g/mol. The van der Waals surface area contributed by atoms with E-state index in [9.17, 15) is 0 Å². The third-order valence-electron chi connectivity index (χ3n) is 3.68. The van der Waals surface area contributed by atoms with E-state index < -0.39 is 0 Å². The van der Waals surface area contributed by atoms with Crippen LogP contribution in [0.1, 0.15) is 40.4 Å². The zero-order valence-corrected chi connectivity index (χ0v) is 13.7. The predicted molar refractivity (Wildman–Crippen MR) is 87.5 cm³/mol. The molecule has 5 heteroatoms. The first-order valence-corrected chi connectivity index (χ1v) is 9.17. The lowest BCUT2D eigenvalue weighted by atomic mass is 10.1. The van der Waals surface area contributed by atoms with Gasteiger partial charge in [-0.15, -0.1) is 11.3 Å². The summed E-state index contributed by atoms with van der Waals surface area (Å²) in [5.41, 5.74) is 2.80. The molecule has 1 unspecified atom stereocenters. The van der Waals surface area contributed by atoms with Crippen LogP contribution in [0.5, 0.6) is 0 Å². The molecule has 0 spiro atoms. The van der Waals surface area contributed by atoms with Gasteiger partial charge in [-0.3, -0.25) is 4.68 Å². The lowest BCUT2D eigenvalue weighted by molar-refractivity contribution is 0.559. The summed E-state index contributed by atoms with van der Waals surface area (Å²) in [5, 5.41) is 8.01. The van der Waals surface area contributed by atoms with E-state index >= 15 is 0 Å². The number of thiophene rings is 1. The van der Waals surface area contributed by atoms with E-state index in [0.29, 0.717) is 0 Å². The SMILES string of the molecule is CCCNC(c1cc2c(s1)CCSC2)c1ccnn1C. The topological polar surface area (TPSA) is 29.9 Å². The molecule has 3 nitrogen and oxygen atoms in total. The predicted octanol–water partition coefficient (Wildman–Crippen LogP) is 3.36. The summed E-state index contributed by atoms with van der Waals surface area (Å²) < 4.78 is 1.99. The van der Waals surface area contributed by atoms with Crippen molar-refractivity contribution in [2.45, 2.75) is 31.6 Å². The molecule has 1 aliphatic rings. The summed E-state index contributed by atoms with van der Waals surface area (Å²) in [7, 11) is 2.03. The molecule has 1 atom stereocenters. The van der Waals surface area contributed by atoms with Gasteiger partial charge in [-0.2, -0.15) is 16.9 Å². The average molecular weight is 307 g/mol. The first-order chi connectivity index (χ1) is 9.79. The summed E-state index contributed by atoms with van der Waals surface area (Å²) in [4.78, 5) is 3.03. The summed E-state index contributed by atoms with van der Waals surface area (Å²) in [5.74, 6) is 2.45. The quantitative estimate of drug-likeness (QED) is 0.918. The second-order valence-corrected chi connectivity index (χ2v) is 7.44. The Balaban J connectivity index is 1.92. The lowest BCUT2D eigenvalue weighted by Gasteiger charge is -2.17. The Morgan fingerprint density at radius 3 is 3.10 bits per heavy atom. The Kier molecular flexibility index (Phi) is 4.48. The van der Waals surface area contributed by atoms with Crippen LogP contribution in [0.4, 0.5) is 0 Å². The molecular formula is C15H21N3S2. The molecule has 0 amide bonds. The molecule has 2 aromatic rings. The molecule has 3 heterocycles. The molecule has 3 rings (SSSR count). The minimum absolute atomic E-state index is 0.281. The van der Waals surface area contributed by atoms with Crippen LogP contribution in [0.15, 0.2) is 18.3 Å². The number of thioether (sulfide) groups is 1. The highest BCUT2D eigenvalue weighted by Gasteiger charge is 2.22. The van der Waals surface area contributed by atoms with Crippen molar-refractivity contribution in [3.8, 4) is 0 Å². The van der Waals surface area contributed by atoms with Crippen molar-refractivity contribution >= 4 is 23.1 Å². The van der Waals surface area contributed by atoms with Crippen LogP contribution in [0.3, 0.4) is 0 Å². The molecule has 0 saturated heterocycles. The zero-order chi connectivity index (χ0) is 13.9. The fourth-order valence-corrected chi connectivity index (χ4v) is 5.08. The highest BCUT2D eigenvalue weighted by molar-refractivity contribution is 7.98. The van der Waals surface area contributed by atoms with Crippen LogP contribution >= 0.6 is 23.1 Å². The van der Waals surface area contributed by atoms with E-state index in [0.717, 1.165) is 13.0 Å². The van der Waals surface area contributed by atoms with Gasteiger partial charge in [0.15, 0.2) is 0 Å². The Labute approximate surface area is 128 Å². The van der Waals surface area contributed by atoms with Gasteiger partial charge in [0.2, 0.25) is 0 Å². The highest BCUT2D eigenvalue weighted by atomic mass is 32.2. The van der Waals surface area contributed by atoms with E-state index in [2.05, 4.69) is 29.5 Å². The number of aryl methyl sites for hydroxylation is 2. The van der Waals surface area contributed by atoms with E-state index in [4.69, 9.17) is 0 Å². The Bertz CT molecular complexity index is 550. The zero-order valence-electron chi connectivity index (χ0n) is 12.1. The van der Waals surface area contributed by atoms with Crippen molar-refractivity contribution in [1.29, 1.82) is 0 Å². The van der Waals surface area contributed by atoms with Gasteiger partial charge in [0.05, 0.1) is 11.7 Å². The van der Waals surface area contributed by atoms with Crippen LogP contribution in [0.25, 0.3) is 0 Å². The van der Waals surface area contributed by atoms with Crippen molar-refractivity contribution in [3.05, 3.63) is 39.3 Å². The summed E-state index contributed by atoms with van der Waals surface area (Å²) in [6.45, 7) is 3.25. The standard InChI is InChI=1S/C15H21N3S2/c1-3-6-16-15(12-4-7-17-18(12)2)14-9-11-10-19-8-5-13(11)20-14/h4,7,9,15-16H,3,5-6,8,10H2,1-2H3. The van der Waals surface area contributed by atoms with Gasteiger partial charge in [-0.25, -0.2) is 0 Å². The largest absolute Gasteiger partial charge is 0.304 e. The molecule has 20 heavy (non-hydrogen) atoms. The molecule has 1 N–H and O–H groups in total. The molecule has 0 aromatic carbocycles. The maximum atomic E-state index is 4.33. The molecule has 2 aromatic heterocycles. The number of nitrogens with zero attached hydrogens (tertiary/aromatic N) is 2. The van der Waals surface area contributed by atoms with Crippen LogP contribution in [-0.2, 0) is 19.2 Å². The number of nitrogens with one attached hydrogen (secondary N) is 1. The molecule has 1 aliphatic heterocycles. The van der Waals surface area contributed by atoms with Crippen LogP contribution in [-0.4, -0.2) is 22.1 Å². The highest BCUT2D eigenvalue weighted by Crippen LogP contribution is 2.36. The first-order valence-electron chi connectivity index (χ1n) is 7.20. The normalized spacial score (nSPS) is 16.1. The van der Waals surface area contributed by atoms with Gasteiger partial charge in [0.1, 0.15) is 0 Å². The summed E-state index contributed by atoms with van der Waals surface area (Å²) >= 11 is 4.03. The Hall–Kier alpha value is -0.780. The molecule has 0 saturated carbocycles. The second-order valence-electron chi connectivity index (χ2n) is 5.17. The number of hydrogen-bond acceptors (Lipinski definition) is 4.